The molecule has 4 bridgehead atoms. The standard InChI is InChI=1S/C21H30O2S.C5H12/c22-24(23,20-7-3-1-4-8-20)10-6-2-5-9-21-18-12-16-11-17(14-18)15-19(21)13-16;1-5(2,3)4/h1,3-4,7-8,16-19,21H,2,5-6,9-15H2;1-4H3. The van der Waals surface area contributed by atoms with Crippen molar-refractivity contribution in [2.45, 2.75) is 90.4 Å². The van der Waals surface area contributed by atoms with Gasteiger partial charge in [0.2, 0.25) is 0 Å². The van der Waals surface area contributed by atoms with Crippen LogP contribution in [-0.2, 0) is 9.84 Å². The molecule has 0 N–H and O–H groups in total. The summed E-state index contributed by atoms with van der Waals surface area (Å²) in [5, 5.41) is 0. The van der Waals surface area contributed by atoms with Gasteiger partial charge in [0.25, 0.3) is 0 Å². The first-order valence-corrected chi connectivity index (χ1v) is 13.5. The van der Waals surface area contributed by atoms with Crippen LogP contribution in [0.4, 0.5) is 0 Å². The van der Waals surface area contributed by atoms with E-state index in [-0.39, 0.29) is 0 Å². The summed E-state index contributed by atoms with van der Waals surface area (Å²) in [6.07, 6.45) is 12.0. The van der Waals surface area contributed by atoms with Gasteiger partial charge in [-0.15, -0.1) is 0 Å². The van der Waals surface area contributed by atoms with Crippen LogP contribution in [-0.4, -0.2) is 14.2 Å². The Balaban J connectivity index is 0.000000431. The van der Waals surface area contributed by atoms with Crippen LogP contribution in [0.15, 0.2) is 35.2 Å². The number of sulfone groups is 1. The van der Waals surface area contributed by atoms with Gasteiger partial charge >= 0.3 is 0 Å². The maximum Gasteiger partial charge on any atom is 0.178 e. The van der Waals surface area contributed by atoms with Crippen molar-refractivity contribution in [1.82, 2.24) is 0 Å². The van der Waals surface area contributed by atoms with Gasteiger partial charge < -0.3 is 0 Å². The fourth-order valence-electron chi connectivity index (χ4n) is 6.10. The molecular weight excluding hydrogens is 376 g/mol. The van der Waals surface area contributed by atoms with Gasteiger partial charge in [0.1, 0.15) is 0 Å². The number of unbranched alkanes of at least 4 members (excludes halogenated alkanes) is 2. The molecule has 5 rings (SSSR count). The number of hydrogen-bond donors (Lipinski definition) is 0. The van der Waals surface area contributed by atoms with Gasteiger partial charge in [0.15, 0.2) is 9.84 Å². The first-order valence-electron chi connectivity index (χ1n) is 11.9. The molecule has 29 heavy (non-hydrogen) atoms. The molecule has 0 amide bonds. The molecule has 4 fully saturated rings. The Morgan fingerprint density at radius 3 is 1.83 bits per heavy atom. The van der Waals surface area contributed by atoms with E-state index in [1.807, 2.05) is 6.07 Å². The number of hydrogen-bond acceptors (Lipinski definition) is 2. The summed E-state index contributed by atoms with van der Waals surface area (Å²) in [5.41, 5.74) is 0.500. The Bertz CT molecular complexity index is 696. The Morgan fingerprint density at radius 2 is 1.31 bits per heavy atom. The summed E-state index contributed by atoms with van der Waals surface area (Å²) in [6, 6.07) is 8.90. The normalized spacial score (nSPS) is 30.7. The predicted molar refractivity (Wildman–Crippen MR) is 123 cm³/mol. The van der Waals surface area contributed by atoms with E-state index in [0.717, 1.165) is 42.4 Å². The summed E-state index contributed by atoms with van der Waals surface area (Å²) in [7, 11) is -3.08. The average molecular weight is 419 g/mol. The van der Waals surface area contributed by atoms with Crippen molar-refractivity contribution in [3.63, 3.8) is 0 Å². The Labute approximate surface area is 179 Å². The fourth-order valence-corrected chi connectivity index (χ4v) is 7.50. The first-order chi connectivity index (χ1) is 13.6. The molecule has 0 unspecified atom stereocenters. The largest absolute Gasteiger partial charge is 0.224 e. The Morgan fingerprint density at radius 1 is 0.793 bits per heavy atom. The molecule has 0 aliphatic heterocycles. The monoisotopic (exact) mass is 418 g/mol. The molecule has 1 aromatic rings. The van der Waals surface area contributed by atoms with Crippen molar-refractivity contribution < 1.29 is 8.42 Å². The minimum Gasteiger partial charge on any atom is -0.224 e. The Kier molecular flexibility index (Phi) is 7.51. The highest BCUT2D eigenvalue weighted by atomic mass is 32.2. The highest BCUT2D eigenvalue weighted by Gasteiger charge is 2.47. The molecule has 0 atom stereocenters. The number of benzene rings is 1. The van der Waals surface area contributed by atoms with E-state index in [9.17, 15) is 8.42 Å². The lowest BCUT2D eigenvalue weighted by Gasteiger charge is -2.54. The highest BCUT2D eigenvalue weighted by molar-refractivity contribution is 7.91. The van der Waals surface area contributed by atoms with E-state index in [1.54, 1.807) is 24.3 Å². The van der Waals surface area contributed by atoms with Gasteiger partial charge in [-0.2, -0.15) is 0 Å². The van der Waals surface area contributed by atoms with Gasteiger partial charge in [0.05, 0.1) is 10.6 Å². The van der Waals surface area contributed by atoms with Crippen LogP contribution >= 0.6 is 0 Å². The van der Waals surface area contributed by atoms with E-state index in [1.165, 1.54) is 44.9 Å². The molecular formula is C26H42O2S. The van der Waals surface area contributed by atoms with Crippen LogP contribution in [0.3, 0.4) is 0 Å². The van der Waals surface area contributed by atoms with Crippen LogP contribution in [0, 0.1) is 35.0 Å². The summed E-state index contributed by atoms with van der Waals surface area (Å²) < 4.78 is 24.6. The molecule has 0 aromatic heterocycles. The average Bonchev–Trinajstić information content (AvgIpc) is 2.62. The zero-order valence-corrected chi connectivity index (χ0v) is 19.9. The third-order valence-corrected chi connectivity index (χ3v) is 8.79. The lowest BCUT2D eigenvalue weighted by atomic mass is 9.51. The van der Waals surface area contributed by atoms with E-state index >= 15 is 0 Å². The highest BCUT2D eigenvalue weighted by Crippen LogP contribution is 2.57. The van der Waals surface area contributed by atoms with Crippen molar-refractivity contribution in [1.29, 1.82) is 0 Å². The third kappa shape index (κ3) is 6.84. The molecule has 0 heterocycles. The van der Waals surface area contributed by atoms with Crippen molar-refractivity contribution in [3.8, 4) is 0 Å². The van der Waals surface area contributed by atoms with Crippen LogP contribution < -0.4 is 0 Å². The first kappa shape index (κ1) is 22.8. The molecule has 4 aliphatic rings. The van der Waals surface area contributed by atoms with E-state index in [2.05, 4.69) is 27.7 Å². The lowest BCUT2D eigenvalue weighted by Crippen LogP contribution is -2.44. The Hall–Kier alpha value is -0.830. The summed E-state index contributed by atoms with van der Waals surface area (Å²) >= 11 is 0. The second-order valence-corrected chi connectivity index (χ2v) is 13.7. The van der Waals surface area contributed by atoms with Crippen molar-refractivity contribution >= 4 is 9.84 Å². The van der Waals surface area contributed by atoms with Crippen LogP contribution in [0.1, 0.15) is 85.5 Å². The van der Waals surface area contributed by atoms with Gasteiger partial charge in [-0.25, -0.2) is 8.42 Å². The zero-order valence-electron chi connectivity index (χ0n) is 19.1. The van der Waals surface area contributed by atoms with Crippen LogP contribution in [0.5, 0.6) is 0 Å². The zero-order chi connectivity index (χ0) is 21.1. The second kappa shape index (κ2) is 9.54. The topological polar surface area (TPSA) is 34.1 Å². The van der Waals surface area contributed by atoms with E-state index < -0.39 is 9.84 Å². The molecule has 4 aliphatic carbocycles. The summed E-state index contributed by atoms with van der Waals surface area (Å²) in [6.45, 7) is 8.75. The molecule has 2 nitrogen and oxygen atoms in total. The fraction of sp³-hybridized carbons (Fsp3) is 0.769. The van der Waals surface area contributed by atoms with Crippen LogP contribution in [0.2, 0.25) is 0 Å². The molecule has 0 spiro atoms. The maximum absolute atomic E-state index is 12.3. The second-order valence-electron chi connectivity index (χ2n) is 11.6. The molecule has 4 saturated carbocycles. The quantitative estimate of drug-likeness (QED) is 0.441. The maximum atomic E-state index is 12.3. The van der Waals surface area contributed by atoms with E-state index in [0.29, 0.717) is 16.1 Å². The van der Waals surface area contributed by atoms with Gasteiger partial charge in [-0.1, -0.05) is 58.7 Å². The van der Waals surface area contributed by atoms with Gasteiger partial charge in [-0.05, 0) is 92.1 Å². The molecule has 1 aromatic carbocycles. The predicted octanol–water partition coefficient (Wildman–Crippen LogP) is 7.15. The molecule has 0 radical (unpaired) electrons. The van der Waals surface area contributed by atoms with Gasteiger partial charge in [0, 0.05) is 0 Å². The molecule has 164 valence electrons. The van der Waals surface area contributed by atoms with Crippen molar-refractivity contribution in [2.24, 2.45) is 35.0 Å². The lowest BCUT2D eigenvalue weighted by molar-refractivity contribution is -0.0404. The van der Waals surface area contributed by atoms with Crippen molar-refractivity contribution in [2.75, 3.05) is 5.75 Å². The van der Waals surface area contributed by atoms with Crippen LogP contribution in [0.25, 0.3) is 0 Å². The smallest absolute Gasteiger partial charge is 0.178 e. The van der Waals surface area contributed by atoms with Gasteiger partial charge in [-0.3, -0.25) is 0 Å². The summed E-state index contributed by atoms with van der Waals surface area (Å²) in [5.74, 6) is 5.39. The summed E-state index contributed by atoms with van der Waals surface area (Å²) in [4.78, 5) is 0.478. The SMILES string of the molecule is CC(C)(C)C.O=S(=O)(CCCCCC1C2CC3CC(C2)CC1C3)c1ccccc1. The number of rotatable bonds is 7. The molecule has 0 saturated heterocycles. The minimum atomic E-state index is -3.08. The minimum absolute atomic E-state index is 0.304. The molecule has 3 heteroatoms. The van der Waals surface area contributed by atoms with Crippen molar-refractivity contribution in [3.05, 3.63) is 30.3 Å². The third-order valence-electron chi connectivity index (χ3n) is 6.97. The van der Waals surface area contributed by atoms with E-state index in [4.69, 9.17) is 0 Å².